The molecule has 2 rings (SSSR count). The summed E-state index contributed by atoms with van der Waals surface area (Å²) in [7, 11) is 0. The first-order valence-corrected chi connectivity index (χ1v) is 7.48. The van der Waals surface area contributed by atoms with Gasteiger partial charge in [0.05, 0.1) is 18.1 Å². The Morgan fingerprint density at radius 3 is 2.59 bits per heavy atom. The lowest BCUT2D eigenvalue weighted by Crippen LogP contribution is -2.38. The summed E-state index contributed by atoms with van der Waals surface area (Å²) in [6.45, 7) is 1.99. The van der Waals surface area contributed by atoms with Crippen LogP contribution in [0.2, 0.25) is 0 Å². The van der Waals surface area contributed by atoms with Gasteiger partial charge in [0.1, 0.15) is 0 Å². The Morgan fingerprint density at radius 2 is 2.00 bits per heavy atom. The summed E-state index contributed by atoms with van der Waals surface area (Å²) in [6.07, 6.45) is 2.31. The normalized spacial score (nSPS) is 21.2. The maximum absolute atomic E-state index is 13.7. The number of halogens is 1. The van der Waals surface area contributed by atoms with E-state index >= 15 is 0 Å². The number of rotatable bonds is 5. The van der Waals surface area contributed by atoms with Gasteiger partial charge in [0.25, 0.3) is 5.91 Å². The van der Waals surface area contributed by atoms with Crippen LogP contribution < -0.4 is 10.1 Å². The molecule has 0 atom stereocenters. The van der Waals surface area contributed by atoms with Gasteiger partial charge >= 0.3 is 5.97 Å². The summed E-state index contributed by atoms with van der Waals surface area (Å²) in [6, 6.07) is 4.15. The molecule has 5 nitrogen and oxygen atoms in total. The van der Waals surface area contributed by atoms with Gasteiger partial charge in [0.2, 0.25) is 0 Å². The number of carboxylic acid groups (broad SMARTS) is 1. The average Bonchev–Trinajstić information content (AvgIpc) is 2.50. The quantitative estimate of drug-likeness (QED) is 0.876. The summed E-state index contributed by atoms with van der Waals surface area (Å²) < 4.78 is 19.0. The smallest absolute Gasteiger partial charge is 0.306 e. The SMILES string of the molecule is CCOc1c(F)cccc1C(=O)NC1CCC(C(=O)O)CC1. The standard InChI is InChI=1S/C16H20FNO4/c1-2-22-14-12(4-3-5-13(14)17)15(19)18-11-8-6-10(7-9-11)16(20)21/h3-5,10-11H,2,6-9H2,1H3,(H,18,19)(H,20,21). The van der Waals surface area contributed by atoms with E-state index in [0.717, 1.165) is 0 Å². The van der Waals surface area contributed by atoms with Crippen LogP contribution in [0.4, 0.5) is 4.39 Å². The molecule has 1 amide bonds. The first-order chi connectivity index (χ1) is 10.5. The van der Waals surface area contributed by atoms with Crippen molar-refractivity contribution in [2.75, 3.05) is 6.61 Å². The van der Waals surface area contributed by atoms with E-state index in [0.29, 0.717) is 25.7 Å². The van der Waals surface area contributed by atoms with Gasteiger partial charge in [-0.1, -0.05) is 6.07 Å². The Labute approximate surface area is 128 Å². The van der Waals surface area contributed by atoms with Crippen LogP contribution in [0.3, 0.4) is 0 Å². The van der Waals surface area contributed by atoms with Crippen molar-refractivity contribution in [3.8, 4) is 5.75 Å². The Bertz CT molecular complexity index is 553. The number of benzene rings is 1. The highest BCUT2D eigenvalue weighted by Gasteiger charge is 2.27. The van der Waals surface area contributed by atoms with Crippen LogP contribution >= 0.6 is 0 Å². The lowest BCUT2D eigenvalue weighted by molar-refractivity contribution is -0.142. The molecule has 0 heterocycles. The number of hydrogen-bond donors (Lipinski definition) is 2. The third kappa shape index (κ3) is 3.75. The molecule has 0 aliphatic heterocycles. The number of para-hydroxylation sites is 1. The highest BCUT2D eigenvalue weighted by atomic mass is 19.1. The summed E-state index contributed by atoms with van der Waals surface area (Å²) in [5.74, 6) is -2.11. The summed E-state index contributed by atoms with van der Waals surface area (Å²) >= 11 is 0. The molecule has 0 spiro atoms. The van der Waals surface area contributed by atoms with Crippen molar-refractivity contribution in [2.45, 2.75) is 38.6 Å². The monoisotopic (exact) mass is 309 g/mol. The number of ether oxygens (including phenoxy) is 1. The molecule has 0 saturated heterocycles. The maximum atomic E-state index is 13.7. The minimum atomic E-state index is -0.784. The Balaban J connectivity index is 2.01. The fraction of sp³-hybridized carbons (Fsp3) is 0.500. The van der Waals surface area contributed by atoms with Crippen molar-refractivity contribution in [1.82, 2.24) is 5.32 Å². The van der Waals surface area contributed by atoms with Gasteiger partial charge < -0.3 is 15.2 Å². The molecule has 0 bridgehead atoms. The molecular weight excluding hydrogens is 289 g/mol. The second-order valence-corrected chi connectivity index (χ2v) is 5.41. The van der Waals surface area contributed by atoms with Crippen molar-refractivity contribution >= 4 is 11.9 Å². The van der Waals surface area contributed by atoms with Crippen LogP contribution in [-0.4, -0.2) is 29.6 Å². The van der Waals surface area contributed by atoms with Crippen molar-refractivity contribution in [3.05, 3.63) is 29.6 Å². The van der Waals surface area contributed by atoms with E-state index in [1.807, 2.05) is 0 Å². The van der Waals surface area contributed by atoms with Crippen molar-refractivity contribution in [2.24, 2.45) is 5.92 Å². The molecule has 120 valence electrons. The number of aliphatic carboxylic acids is 1. The van der Waals surface area contributed by atoms with Gasteiger partial charge in [-0.15, -0.1) is 0 Å². The van der Waals surface area contributed by atoms with E-state index in [2.05, 4.69) is 5.32 Å². The molecule has 0 unspecified atom stereocenters. The van der Waals surface area contributed by atoms with E-state index < -0.39 is 11.8 Å². The van der Waals surface area contributed by atoms with E-state index in [4.69, 9.17) is 9.84 Å². The van der Waals surface area contributed by atoms with Crippen molar-refractivity contribution in [3.63, 3.8) is 0 Å². The predicted molar refractivity (Wildman–Crippen MR) is 78.4 cm³/mol. The molecule has 0 radical (unpaired) electrons. The predicted octanol–water partition coefficient (Wildman–Crippen LogP) is 2.60. The van der Waals surface area contributed by atoms with Gasteiger partial charge in [0, 0.05) is 6.04 Å². The van der Waals surface area contributed by atoms with E-state index in [-0.39, 0.29) is 35.8 Å². The van der Waals surface area contributed by atoms with Crippen LogP contribution in [0.1, 0.15) is 43.0 Å². The average molecular weight is 309 g/mol. The van der Waals surface area contributed by atoms with Gasteiger partial charge in [-0.25, -0.2) is 4.39 Å². The minimum absolute atomic E-state index is 0.0401. The number of carboxylic acids is 1. The highest BCUT2D eigenvalue weighted by Crippen LogP contribution is 2.26. The number of amides is 1. The fourth-order valence-corrected chi connectivity index (χ4v) is 2.73. The summed E-state index contributed by atoms with van der Waals surface area (Å²) in [4.78, 5) is 23.2. The summed E-state index contributed by atoms with van der Waals surface area (Å²) in [5, 5.41) is 11.8. The van der Waals surface area contributed by atoms with Crippen LogP contribution in [0.5, 0.6) is 5.75 Å². The number of nitrogens with one attached hydrogen (secondary N) is 1. The number of carbonyl (C=O) groups excluding carboxylic acids is 1. The Hall–Kier alpha value is -2.11. The Morgan fingerprint density at radius 1 is 1.32 bits per heavy atom. The minimum Gasteiger partial charge on any atom is -0.490 e. The molecule has 22 heavy (non-hydrogen) atoms. The number of carbonyl (C=O) groups is 2. The van der Waals surface area contributed by atoms with Crippen molar-refractivity contribution < 1.29 is 23.8 Å². The van der Waals surface area contributed by atoms with Crippen LogP contribution in [0, 0.1) is 11.7 Å². The van der Waals surface area contributed by atoms with Crippen LogP contribution in [0.25, 0.3) is 0 Å². The molecule has 1 aromatic rings. The second kappa shape index (κ2) is 7.24. The van der Waals surface area contributed by atoms with Gasteiger partial charge in [-0.05, 0) is 44.7 Å². The third-order valence-corrected chi connectivity index (χ3v) is 3.91. The molecule has 1 aliphatic carbocycles. The number of hydrogen-bond acceptors (Lipinski definition) is 3. The Kier molecular flexibility index (Phi) is 5.35. The molecule has 0 aromatic heterocycles. The molecule has 2 N–H and O–H groups in total. The molecule has 6 heteroatoms. The van der Waals surface area contributed by atoms with Gasteiger partial charge in [-0.3, -0.25) is 9.59 Å². The fourth-order valence-electron chi connectivity index (χ4n) is 2.73. The van der Waals surface area contributed by atoms with Crippen molar-refractivity contribution in [1.29, 1.82) is 0 Å². The highest BCUT2D eigenvalue weighted by molar-refractivity contribution is 5.97. The second-order valence-electron chi connectivity index (χ2n) is 5.41. The van der Waals surface area contributed by atoms with E-state index in [9.17, 15) is 14.0 Å². The van der Waals surface area contributed by atoms with Crippen LogP contribution in [0.15, 0.2) is 18.2 Å². The molecule has 1 fully saturated rings. The zero-order valence-electron chi connectivity index (χ0n) is 12.5. The van der Waals surface area contributed by atoms with E-state index in [1.54, 1.807) is 6.92 Å². The molecule has 1 aliphatic rings. The lowest BCUT2D eigenvalue weighted by Gasteiger charge is -2.27. The molecule has 1 saturated carbocycles. The molecular formula is C16H20FNO4. The lowest BCUT2D eigenvalue weighted by atomic mass is 9.86. The maximum Gasteiger partial charge on any atom is 0.306 e. The van der Waals surface area contributed by atoms with Gasteiger partial charge in [0.15, 0.2) is 11.6 Å². The third-order valence-electron chi connectivity index (χ3n) is 3.91. The zero-order valence-corrected chi connectivity index (χ0v) is 12.5. The van der Waals surface area contributed by atoms with Gasteiger partial charge in [-0.2, -0.15) is 0 Å². The molecule has 1 aromatic carbocycles. The first-order valence-electron chi connectivity index (χ1n) is 7.48. The summed E-state index contributed by atoms with van der Waals surface area (Å²) in [5.41, 5.74) is 0.169. The zero-order chi connectivity index (χ0) is 16.1. The first kappa shape index (κ1) is 16.3. The largest absolute Gasteiger partial charge is 0.490 e. The van der Waals surface area contributed by atoms with E-state index in [1.165, 1.54) is 18.2 Å². The van der Waals surface area contributed by atoms with Crippen LogP contribution in [-0.2, 0) is 4.79 Å². The topological polar surface area (TPSA) is 75.6 Å².